The summed E-state index contributed by atoms with van der Waals surface area (Å²) in [5, 5.41) is 12.5. The lowest BCUT2D eigenvalue weighted by Crippen LogP contribution is -2.51. The Morgan fingerprint density at radius 2 is 1.91 bits per heavy atom. The number of carboxylic acids is 1. The molecule has 3 heterocycles. The third-order valence-electron chi connectivity index (χ3n) is 8.30. The molecule has 1 fully saturated rings. The standard InChI is InChI=1S/C33H43N7O5/c1-3-4-15-45-32-37-30(34)29-31(38-32)40(33(43)36-29)21-23-10-8-22(9-11-23)17-25-12-13-39(27(19-25)35-2)14-16-44-26-7-5-6-24(18-26)20-28(41)42/h5-11,18,25,27,35H,3-4,12-17,19-21H2,1-2H3,(H,36,43)(H,41,42)(H2,34,37,38). The van der Waals surface area contributed by atoms with Crippen molar-refractivity contribution in [2.75, 3.05) is 39.1 Å². The summed E-state index contributed by atoms with van der Waals surface area (Å²) in [7, 11) is 2.00. The monoisotopic (exact) mass is 617 g/mol. The topological polar surface area (TPSA) is 161 Å². The molecule has 12 nitrogen and oxygen atoms in total. The summed E-state index contributed by atoms with van der Waals surface area (Å²) in [6.07, 6.45) is 5.20. The van der Waals surface area contributed by atoms with Gasteiger partial charge in [-0.2, -0.15) is 9.97 Å². The quantitative estimate of drug-likeness (QED) is 0.146. The first-order valence-electron chi connectivity index (χ1n) is 15.6. The number of anilines is 1. The molecule has 5 N–H and O–H groups in total. The third-order valence-corrected chi connectivity index (χ3v) is 8.30. The molecule has 0 amide bonds. The molecule has 0 aliphatic carbocycles. The number of nitrogen functional groups attached to an aromatic ring is 1. The van der Waals surface area contributed by atoms with Gasteiger partial charge in [-0.25, -0.2) is 4.79 Å². The van der Waals surface area contributed by atoms with E-state index in [1.165, 1.54) is 5.56 Å². The molecular weight excluding hydrogens is 574 g/mol. The van der Waals surface area contributed by atoms with Gasteiger partial charge in [0.05, 0.1) is 25.7 Å². The van der Waals surface area contributed by atoms with Crippen molar-refractivity contribution in [1.82, 2.24) is 29.7 Å². The summed E-state index contributed by atoms with van der Waals surface area (Å²) >= 11 is 0. The van der Waals surface area contributed by atoms with Crippen LogP contribution in [0, 0.1) is 5.92 Å². The maximum atomic E-state index is 12.8. The van der Waals surface area contributed by atoms with E-state index in [0.717, 1.165) is 56.3 Å². The number of likely N-dealkylation sites (tertiary alicyclic amines) is 1. The minimum absolute atomic E-state index is 0.0137. The zero-order chi connectivity index (χ0) is 31.8. The molecule has 0 radical (unpaired) electrons. The number of benzene rings is 2. The molecule has 4 aromatic rings. The van der Waals surface area contributed by atoms with E-state index < -0.39 is 5.97 Å². The Balaban J connectivity index is 1.14. The Bertz CT molecular complexity index is 1630. The zero-order valence-electron chi connectivity index (χ0n) is 26.0. The molecule has 2 aromatic heterocycles. The molecule has 1 aliphatic rings. The van der Waals surface area contributed by atoms with Crippen LogP contribution in [0.25, 0.3) is 11.2 Å². The van der Waals surface area contributed by atoms with Gasteiger partial charge in [-0.1, -0.05) is 49.7 Å². The molecule has 1 saturated heterocycles. The number of ether oxygens (including phenoxy) is 2. The summed E-state index contributed by atoms with van der Waals surface area (Å²) in [6, 6.07) is 15.9. The van der Waals surface area contributed by atoms with Crippen LogP contribution in [0.2, 0.25) is 0 Å². The lowest BCUT2D eigenvalue weighted by Gasteiger charge is -2.39. The molecule has 45 heavy (non-hydrogen) atoms. The van der Waals surface area contributed by atoms with Gasteiger partial charge >= 0.3 is 17.7 Å². The summed E-state index contributed by atoms with van der Waals surface area (Å²) < 4.78 is 13.2. The van der Waals surface area contributed by atoms with Gasteiger partial charge in [-0.15, -0.1) is 0 Å². The van der Waals surface area contributed by atoms with Crippen LogP contribution in [0.1, 0.15) is 49.3 Å². The minimum Gasteiger partial charge on any atom is -0.492 e. The number of carbonyl (C=O) groups is 1. The number of piperidine rings is 1. The second kappa shape index (κ2) is 15.0. The van der Waals surface area contributed by atoms with Crippen molar-refractivity contribution in [3.8, 4) is 11.8 Å². The summed E-state index contributed by atoms with van der Waals surface area (Å²) in [6.45, 7) is 5.21. The van der Waals surface area contributed by atoms with Crippen LogP contribution in [0.4, 0.5) is 5.82 Å². The average Bonchev–Trinajstić information content (AvgIpc) is 3.33. The van der Waals surface area contributed by atoms with E-state index in [0.29, 0.717) is 42.6 Å². The van der Waals surface area contributed by atoms with Gasteiger partial charge in [-0.3, -0.25) is 14.3 Å². The summed E-state index contributed by atoms with van der Waals surface area (Å²) in [5.41, 5.74) is 9.65. The largest absolute Gasteiger partial charge is 0.492 e. The minimum atomic E-state index is -0.853. The van der Waals surface area contributed by atoms with Crippen LogP contribution < -0.4 is 26.2 Å². The highest BCUT2D eigenvalue weighted by Crippen LogP contribution is 2.26. The fourth-order valence-corrected chi connectivity index (χ4v) is 5.89. The maximum Gasteiger partial charge on any atom is 0.328 e. The lowest BCUT2D eigenvalue weighted by atomic mass is 9.88. The molecule has 0 spiro atoms. The molecule has 240 valence electrons. The molecule has 2 unspecified atom stereocenters. The van der Waals surface area contributed by atoms with Gasteiger partial charge in [0.1, 0.15) is 17.9 Å². The Hall–Kier alpha value is -4.42. The fraction of sp³-hybridized carbons (Fsp3) is 0.455. The van der Waals surface area contributed by atoms with Gasteiger partial charge < -0.3 is 30.6 Å². The van der Waals surface area contributed by atoms with Crippen molar-refractivity contribution in [3.05, 3.63) is 75.7 Å². The van der Waals surface area contributed by atoms with E-state index in [9.17, 15) is 9.59 Å². The number of unbranched alkanes of at least 4 members (excludes halogenated alkanes) is 1. The molecule has 0 saturated carbocycles. The predicted molar refractivity (Wildman–Crippen MR) is 173 cm³/mol. The molecule has 0 bridgehead atoms. The number of hydrogen-bond donors (Lipinski definition) is 4. The van der Waals surface area contributed by atoms with Crippen molar-refractivity contribution >= 4 is 23.0 Å². The van der Waals surface area contributed by atoms with Crippen LogP contribution in [0.15, 0.2) is 53.3 Å². The van der Waals surface area contributed by atoms with Gasteiger partial charge in [-0.05, 0) is 67.5 Å². The molecule has 1 aliphatic heterocycles. The first-order chi connectivity index (χ1) is 21.8. The SMILES string of the molecule is CCCCOc1nc(N)c2[nH]c(=O)n(Cc3ccc(CC4CCN(CCOc5cccc(CC(=O)O)c5)C(NC)C4)cc3)c2n1. The summed E-state index contributed by atoms with van der Waals surface area (Å²) in [4.78, 5) is 37.6. The van der Waals surface area contributed by atoms with Crippen molar-refractivity contribution in [1.29, 1.82) is 0 Å². The maximum absolute atomic E-state index is 12.8. The van der Waals surface area contributed by atoms with E-state index in [4.69, 9.17) is 20.3 Å². The number of rotatable bonds is 15. The number of H-pyrrole nitrogens is 1. The van der Waals surface area contributed by atoms with Crippen LogP contribution >= 0.6 is 0 Å². The molecule has 12 heteroatoms. The molecular formula is C33H43N7O5. The number of aromatic nitrogens is 4. The van der Waals surface area contributed by atoms with Crippen LogP contribution in [-0.2, 0) is 24.2 Å². The summed E-state index contributed by atoms with van der Waals surface area (Å²) in [5.74, 6) is 0.578. The highest BCUT2D eigenvalue weighted by atomic mass is 16.5. The first-order valence-corrected chi connectivity index (χ1v) is 15.6. The highest BCUT2D eigenvalue weighted by molar-refractivity contribution is 5.82. The number of hydrogen-bond acceptors (Lipinski definition) is 9. The average molecular weight is 618 g/mol. The number of nitrogens with one attached hydrogen (secondary N) is 2. The number of aromatic amines is 1. The number of fused-ring (bicyclic) bond motifs is 1. The first kappa shape index (κ1) is 32.0. The fourth-order valence-electron chi connectivity index (χ4n) is 5.89. The van der Waals surface area contributed by atoms with E-state index in [1.807, 2.05) is 19.2 Å². The Labute approximate surface area is 262 Å². The Morgan fingerprint density at radius 1 is 1.11 bits per heavy atom. The lowest BCUT2D eigenvalue weighted by molar-refractivity contribution is -0.136. The van der Waals surface area contributed by atoms with Crippen molar-refractivity contribution in [2.45, 2.75) is 58.2 Å². The number of aliphatic carboxylic acids is 1. The van der Waals surface area contributed by atoms with Crippen LogP contribution in [-0.4, -0.2) is 75.0 Å². The van der Waals surface area contributed by atoms with E-state index in [-0.39, 0.29) is 30.1 Å². The number of nitrogens with zero attached hydrogens (tertiary/aromatic N) is 4. The van der Waals surface area contributed by atoms with Crippen molar-refractivity contribution in [2.24, 2.45) is 5.92 Å². The zero-order valence-corrected chi connectivity index (χ0v) is 26.0. The number of nitrogens with two attached hydrogens (primary N) is 1. The van der Waals surface area contributed by atoms with Gasteiger partial charge in [0.25, 0.3) is 0 Å². The van der Waals surface area contributed by atoms with E-state index in [1.54, 1.807) is 16.7 Å². The van der Waals surface area contributed by atoms with Gasteiger partial charge in [0, 0.05) is 13.1 Å². The predicted octanol–water partition coefficient (Wildman–Crippen LogP) is 3.44. The van der Waals surface area contributed by atoms with Crippen LogP contribution in [0.3, 0.4) is 0 Å². The van der Waals surface area contributed by atoms with Gasteiger partial charge in [0.15, 0.2) is 11.5 Å². The Kier molecular flexibility index (Phi) is 10.7. The smallest absolute Gasteiger partial charge is 0.328 e. The molecule has 5 rings (SSSR count). The normalized spacial score (nSPS) is 17.0. The van der Waals surface area contributed by atoms with E-state index >= 15 is 0 Å². The second-order valence-electron chi connectivity index (χ2n) is 11.6. The number of carboxylic acid groups (broad SMARTS) is 1. The highest BCUT2D eigenvalue weighted by Gasteiger charge is 2.27. The second-order valence-corrected chi connectivity index (χ2v) is 11.6. The molecule has 2 atom stereocenters. The Morgan fingerprint density at radius 3 is 2.67 bits per heavy atom. The van der Waals surface area contributed by atoms with E-state index in [2.05, 4.69) is 56.4 Å². The third kappa shape index (κ3) is 8.40. The van der Waals surface area contributed by atoms with Crippen molar-refractivity contribution in [3.63, 3.8) is 0 Å². The van der Waals surface area contributed by atoms with Gasteiger partial charge in [0.2, 0.25) is 0 Å². The van der Waals surface area contributed by atoms with Crippen LogP contribution in [0.5, 0.6) is 11.8 Å². The van der Waals surface area contributed by atoms with Crippen molar-refractivity contribution < 1.29 is 19.4 Å². The number of imidazole rings is 1. The molecule has 2 aromatic carbocycles.